The fourth-order valence-corrected chi connectivity index (χ4v) is 4.15. The van der Waals surface area contributed by atoms with E-state index in [1.165, 1.54) is 0 Å². The van der Waals surface area contributed by atoms with Gasteiger partial charge in [-0.3, -0.25) is 0 Å². The van der Waals surface area contributed by atoms with Crippen LogP contribution in [-0.2, 0) is 39.8 Å². The van der Waals surface area contributed by atoms with Crippen molar-refractivity contribution in [1.82, 2.24) is 0 Å². The minimum Gasteiger partial charge on any atom is -0.386 e. The van der Waals surface area contributed by atoms with Crippen molar-refractivity contribution in [2.75, 3.05) is 19.8 Å². The van der Waals surface area contributed by atoms with Crippen molar-refractivity contribution in [3.8, 4) is 0 Å². The molecule has 3 aliphatic heterocycles. The highest BCUT2D eigenvalue weighted by molar-refractivity contribution is 5.13. The van der Waals surface area contributed by atoms with Crippen molar-refractivity contribution in [2.45, 2.75) is 88.5 Å². The molecule has 0 fully saturated rings. The Balaban J connectivity index is 1.20. The summed E-state index contributed by atoms with van der Waals surface area (Å²) in [6.45, 7) is 6.42. The maximum atomic E-state index is 10.4. The van der Waals surface area contributed by atoms with Gasteiger partial charge in [-0.05, 0) is 44.6 Å². The maximum absolute atomic E-state index is 10.4. The zero-order chi connectivity index (χ0) is 27.8. The first-order valence-corrected chi connectivity index (χ1v) is 13.2. The van der Waals surface area contributed by atoms with Gasteiger partial charge in [0.25, 0.3) is 0 Å². The summed E-state index contributed by atoms with van der Waals surface area (Å²) in [6, 6.07) is 9.74. The van der Waals surface area contributed by atoms with E-state index in [4.69, 9.17) is 33.2 Å². The van der Waals surface area contributed by atoms with Crippen LogP contribution in [0.4, 0.5) is 0 Å². The van der Waals surface area contributed by atoms with Crippen molar-refractivity contribution in [3.63, 3.8) is 0 Å². The van der Waals surface area contributed by atoms with Crippen LogP contribution in [0.1, 0.15) is 26.3 Å². The van der Waals surface area contributed by atoms with Crippen LogP contribution in [0.15, 0.2) is 66.8 Å². The zero-order valence-corrected chi connectivity index (χ0v) is 22.6. The largest absolute Gasteiger partial charge is 0.386 e. The molecule has 0 saturated heterocycles. The molecule has 3 N–H and O–H groups in total. The summed E-state index contributed by atoms with van der Waals surface area (Å²) < 4.78 is 40.7. The van der Waals surface area contributed by atoms with E-state index >= 15 is 0 Å². The quantitative estimate of drug-likeness (QED) is 0.354. The zero-order valence-electron chi connectivity index (χ0n) is 22.6. The van der Waals surface area contributed by atoms with Crippen molar-refractivity contribution < 1.29 is 48.5 Å². The lowest BCUT2D eigenvalue weighted by atomic mass is 10.1. The van der Waals surface area contributed by atoms with Gasteiger partial charge in [0.1, 0.15) is 36.6 Å². The Morgan fingerprint density at radius 1 is 0.641 bits per heavy atom. The normalized spacial score (nSPS) is 34.9. The molecule has 4 rings (SSSR count). The summed E-state index contributed by atoms with van der Waals surface area (Å²) in [5, 5.41) is 30.9. The minimum atomic E-state index is -0.906. The summed E-state index contributed by atoms with van der Waals surface area (Å²) in [4.78, 5) is 0. The fourth-order valence-electron chi connectivity index (χ4n) is 4.15. The highest BCUT2D eigenvalue weighted by Crippen LogP contribution is 2.22. The predicted octanol–water partition coefficient (Wildman–Crippen LogP) is 1.98. The van der Waals surface area contributed by atoms with Gasteiger partial charge in [-0.1, -0.05) is 48.6 Å². The first kappa shape index (κ1) is 30.0. The topological polar surface area (TPSA) is 125 Å². The molecule has 39 heavy (non-hydrogen) atoms. The second-order valence-corrected chi connectivity index (χ2v) is 10.7. The van der Waals surface area contributed by atoms with Crippen LogP contribution >= 0.6 is 0 Å². The van der Waals surface area contributed by atoms with Crippen LogP contribution in [0.2, 0.25) is 0 Å². The van der Waals surface area contributed by atoms with E-state index in [-0.39, 0.29) is 19.8 Å². The Kier molecular flexibility index (Phi) is 10.8. The molecule has 0 aromatic heterocycles. The number of hydrogen-bond acceptors (Lipinski definition) is 10. The number of rotatable bonds is 11. The average molecular weight is 549 g/mol. The molecule has 0 spiro atoms. The summed E-state index contributed by atoms with van der Waals surface area (Å²) in [5.41, 5.74) is 0.615. The highest BCUT2D eigenvalue weighted by Gasteiger charge is 2.33. The van der Waals surface area contributed by atoms with E-state index < -0.39 is 61.1 Å². The van der Waals surface area contributed by atoms with Crippen molar-refractivity contribution in [1.29, 1.82) is 0 Å². The molecule has 0 bridgehead atoms. The molecule has 216 valence electrons. The number of aliphatic hydroxyl groups is 3. The van der Waals surface area contributed by atoms with Crippen LogP contribution in [0.3, 0.4) is 0 Å². The van der Waals surface area contributed by atoms with Crippen LogP contribution < -0.4 is 0 Å². The molecule has 1 aromatic carbocycles. The highest BCUT2D eigenvalue weighted by atomic mass is 16.7. The van der Waals surface area contributed by atoms with Gasteiger partial charge in [0.15, 0.2) is 18.9 Å². The first-order valence-electron chi connectivity index (χ1n) is 13.2. The van der Waals surface area contributed by atoms with E-state index in [1.807, 2.05) is 51.1 Å². The van der Waals surface area contributed by atoms with E-state index in [9.17, 15) is 15.3 Å². The van der Waals surface area contributed by atoms with E-state index in [1.54, 1.807) is 36.5 Å². The summed E-state index contributed by atoms with van der Waals surface area (Å²) in [5.74, 6) is 0. The molecule has 3 aliphatic rings. The molecule has 0 radical (unpaired) electrons. The molecular weight excluding hydrogens is 508 g/mol. The molecular formula is C29H40O10. The van der Waals surface area contributed by atoms with Crippen LogP contribution in [0, 0.1) is 0 Å². The van der Waals surface area contributed by atoms with Crippen molar-refractivity contribution in [3.05, 3.63) is 72.4 Å². The molecule has 0 amide bonds. The Bertz CT molecular complexity index is 959. The lowest BCUT2D eigenvalue weighted by Gasteiger charge is -2.35. The Morgan fingerprint density at radius 2 is 1.10 bits per heavy atom. The van der Waals surface area contributed by atoms with Crippen molar-refractivity contribution in [2.24, 2.45) is 0 Å². The van der Waals surface area contributed by atoms with Gasteiger partial charge in [-0.25, -0.2) is 0 Å². The van der Waals surface area contributed by atoms with Crippen LogP contribution in [0.5, 0.6) is 0 Å². The van der Waals surface area contributed by atoms with Crippen LogP contribution in [0.25, 0.3) is 0 Å². The van der Waals surface area contributed by atoms with Gasteiger partial charge in [-0.15, -0.1) is 0 Å². The van der Waals surface area contributed by atoms with Crippen molar-refractivity contribution >= 4 is 0 Å². The van der Waals surface area contributed by atoms with Gasteiger partial charge in [-0.2, -0.15) is 0 Å². The molecule has 1 aromatic rings. The Hall–Kier alpha value is -1.96. The Morgan fingerprint density at radius 3 is 1.62 bits per heavy atom. The van der Waals surface area contributed by atoms with Gasteiger partial charge >= 0.3 is 0 Å². The molecule has 10 heteroatoms. The lowest BCUT2D eigenvalue weighted by Crippen LogP contribution is -2.45. The number of hydrogen-bond donors (Lipinski definition) is 3. The summed E-state index contributed by atoms with van der Waals surface area (Å²) >= 11 is 0. The number of aliphatic hydroxyl groups excluding tert-OH is 3. The van der Waals surface area contributed by atoms with Gasteiger partial charge < -0.3 is 48.5 Å². The maximum Gasteiger partial charge on any atom is 0.178 e. The number of benzene rings is 1. The van der Waals surface area contributed by atoms with Crippen LogP contribution in [-0.4, -0.2) is 96.2 Å². The minimum absolute atomic E-state index is 0.0147. The van der Waals surface area contributed by atoms with E-state index in [2.05, 4.69) is 0 Å². The van der Waals surface area contributed by atoms with Gasteiger partial charge in [0.2, 0.25) is 0 Å². The second-order valence-electron chi connectivity index (χ2n) is 10.7. The monoisotopic (exact) mass is 548 g/mol. The molecule has 3 heterocycles. The average Bonchev–Trinajstić information content (AvgIpc) is 2.90. The van der Waals surface area contributed by atoms with E-state index in [0.717, 1.165) is 5.56 Å². The third-order valence-corrected chi connectivity index (χ3v) is 6.18. The summed E-state index contributed by atoms with van der Waals surface area (Å²) in [6.07, 6.45) is 3.06. The molecule has 0 unspecified atom stereocenters. The van der Waals surface area contributed by atoms with Gasteiger partial charge in [0.05, 0.1) is 32.0 Å². The Labute approximate surface area is 229 Å². The summed E-state index contributed by atoms with van der Waals surface area (Å²) in [7, 11) is 0. The smallest absolute Gasteiger partial charge is 0.178 e. The molecule has 9 atom stereocenters. The second kappa shape index (κ2) is 14.1. The third kappa shape index (κ3) is 9.58. The number of ether oxygens (including phenoxy) is 7. The molecule has 10 nitrogen and oxygen atoms in total. The fraction of sp³-hybridized carbons (Fsp3) is 0.586. The lowest BCUT2D eigenvalue weighted by molar-refractivity contribution is -0.246. The third-order valence-electron chi connectivity index (χ3n) is 6.18. The predicted molar refractivity (Wildman–Crippen MR) is 140 cm³/mol. The molecule has 0 aliphatic carbocycles. The first-order chi connectivity index (χ1) is 18.7. The van der Waals surface area contributed by atoms with E-state index in [0.29, 0.717) is 6.61 Å². The van der Waals surface area contributed by atoms with Gasteiger partial charge in [0, 0.05) is 0 Å². The standard InChI is InChI=1S/C29H40O10/c1-29(2,3)39-28-14-11-22(32)25(38-28)18-35-27-13-10-21(31)24(37-27)17-34-26-12-9-20(30)23(36-26)16-33-15-19-7-5-4-6-8-19/h4-14,20-28,30-32H,15-18H2,1-3H3/t20-,21-,22-,23-,24-,25-,26-,27-,28+/m1/s1. The molecule has 0 saturated carbocycles. The SMILES string of the molecule is CC(C)(C)O[C@H]1C=C[C@@H](O)[C@@H](CO[C@H]2C=C[C@@H](O)[C@@H](CO[C@H]3C=C[C@@H](O)[C@@H](COCc4ccccc4)O3)O2)O1.